The zero-order valence-corrected chi connectivity index (χ0v) is 10.3. The Morgan fingerprint density at radius 3 is 2.62 bits per heavy atom. The number of unbranched alkanes of at least 4 members (excludes halogenated alkanes) is 1. The summed E-state index contributed by atoms with van der Waals surface area (Å²) in [7, 11) is -3.28. The lowest BCUT2D eigenvalue weighted by atomic mass is 10.3. The van der Waals surface area contributed by atoms with E-state index in [1.54, 1.807) is 0 Å². The third kappa shape index (κ3) is 3.48. The van der Waals surface area contributed by atoms with Crippen molar-refractivity contribution in [1.29, 1.82) is 0 Å². The van der Waals surface area contributed by atoms with Crippen LogP contribution in [0.25, 0.3) is 0 Å². The van der Waals surface area contributed by atoms with Crippen LogP contribution >= 0.6 is 0 Å². The molecule has 90 valence electrons. The maximum Gasteiger partial charge on any atom is 0.175 e. The third-order valence-corrected chi connectivity index (χ3v) is 3.32. The molecule has 1 rings (SSSR count). The zero-order valence-electron chi connectivity index (χ0n) is 9.46. The molecular weight excluding hydrogens is 229 g/mol. The van der Waals surface area contributed by atoms with Gasteiger partial charge in [-0.1, -0.05) is 13.3 Å². The summed E-state index contributed by atoms with van der Waals surface area (Å²) in [4.78, 5) is 0.132. The maximum absolute atomic E-state index is 13.3. The molecule has 0 amide bonds. The summed E-state index contributed by atoms with van der Waals surface area (Å²) in [6, 6.07) is 3.78. The van der Waals surface area contributed by atoms with Gasteiger partial charge in [0, 0.05) is 12.8 Å². The fraction of sp³-hybridized carbons (Fsp3) is 0.455. The lowest BCUT2D eigenvalue weighted by Gasteiger charge is -2.08. The Hall–Kier alpha value is -1.10. The minimum Gasteiger partial charge on any atom is -0.383 e. The van der Waals surface area contributed by atoms with E-state index in [1.807, 2.05) is 6.92 Å². The number of hydrogen-bond donors (Lipinski definition) is 1. The Bertz CT molecular complexity index is 457. The van der Waals surface area contributed by atoms with Gasteiger partial charge < -0.3 is 5.32 Å². The van der Waals surface area contributed by atoms with Crippen molar-refractivity contribution in [2.45, 2.75) is 24.7 Å². The molecule has 3 nitrogen and oxygen atoms in total. The second-order valence-electron chi connectivity index (χ2n) is 3.69. The number of sulfone groups is 1. The summed E-state index contributed by atoms with van der Waals surface area (Å²) in [5.41, 5.74) is 0.247. The molecule has 0 aliphatic rings. The summed E-state index contributed by atoms with van der Waals surface area (Å²) in [6.45, 7) is 2.67. The smallest absolute Gasteiger partial charge is 0.175 e. The summed E-state index contributed by atoms with van der Waals surface area (Å²) in [5.74, 6) is -0.427. The predicted octanol–water partition coefficient (Wildman–Crippen LogP) is 2.44. The lowest BCUT2D eigenvalue weighted by molar-refractivity contribution is 0.600. The van der Waals surface area contributed by atoms with Gasteiger partial charge in [-0.3, -0.25) is 0 Å². The normalized spacial score (nSPS) is 11.4. The first kappa shape index (κ1) is 13.0. The molecule has 0 fully saturated rings. The highest BCUT2D eigenvalue weighted by molar-refractivity contribution is 7.90. The molecule has 1 aromatic carbocycles. The average Bonchev–Trinajstić information content (AvgIpc) is 2.19. The van der Waals surface area contributed by atoms with Gasteiger partial charge in [0.15, 0.2) is 9.84 Å². The molecule has 0 spiro atoms. The first-order chi connectivity index (χ1) is 7.45. The average molecular weight is 245 g/mol. The van der Waals surface area contributed by atoms with Gasteiger partial charge in [0.1, 0.15) is 5.82 Å². The molecule has 16 heavy (non-hydrogen) atoms. The predicted molar refractivity (Wildman–Crippen MR) is 62.9 cm³/mol. The molecule has 0 saturated carbocycles. The van der Waals surface area contributed by atoms with E-state index >= 15 is 0 Å². The summed E-state index contributed by atoms with van der Waals surface area (Å²) in [6.07, 6.45) is 3.03. The van der Waals surface area contributed by atoms with Crippen LogP contribution in [0.1, 0.15) is 19.8 Å². The van der Waals surface area contributed by atoms with Crippen LogP contribution in [0, 0.1) is 5.82 Å². The fourth-order valence-corrected chi connectivity index (χ4v) is 1.92. The molecule has 0 saturated heterocycles. The lowest BCUT2D eigenvalue weighted by Crippen LogP contribution is -2.05. The quantitative estimate of drug-likeness (QED) is 0.640. The van der Waals surface area contributed by atoms with Crippen molar-refractivity contribution < 1.29 is 12.8 Å². The molecule has 0 unspecified atom stereocenters. The highest BCUT2D eigenvalue weighted by Crippen LogP contribution is 2.19. The molecule has 0 aliphatic carbocycles. The van der Waals surface area contributed by atoms with Gasteiger partial charge >= 0.3 is 0 Å². The Morgan fingerprint density at radius 1 is 1.38 bits per heavy atom. The molecule has 0 atom stereocenters. The summed E-state index contributed by atoms with van der Waals surface area (Å²) < 4.78 is 35.9. The van der Waals surface area contributed by atoms with Crippen molar-refractivity contribution in [3.8, 4) is 0 Å². The van der Waals surface area contributed by atoms with E-state index in [0.717, 1.165) is 19.1 Å². The summed E-state index contributed by atoms with van der Waals surface area (Å²) >= 11 is 0. The van der Waals surface area contributed by atoms with Crippen LogP contribution in [0.15, 0.2) is 23.1 Å². The van der Waals surface area contributed by atoms with Gasteiger partial charge in [-0.15, -0.1) is 0 Å². The van der Waals surface area contributed by atoms with E-state index in [4.69, 9.17) is 0 Å². The molecule has 0 bridgehead atoms. The molecule has 0 heterocycles. The summed E-state index contributed by atoms with van der Waals surface area (Å²) in [5, 5.41) is 2.89. The first-order valence-electron chi connectivity index (χ1n) is 5.18. The van der Waals surface area contributed by atoms with Crippen LogP contribution in [0.3, 0.4) is 0 Å². The van der Waals surface area contributed by atoms with E-state index < -0.39 is 15.7 Å². The maximum atomic E-state index is 13.3. The van der Waals surface area contributed by atoms with Crippen LogP contribution in [0.4, 0.5) is 10.1 Å². The number of hydrogen-bond acceptors (Lipinski definition) is 3. The van der Waals surface area contributed by atoms with Crippen LogP contribution in [-0.4, -0.2) is 21.2 Å². The van der Waals surface area contributed by atoms with Gasteiger partial charge in [-0.2, -0.15) is 0 Å². The van der Waals surface area contributed by atoms with Crippen molar-refractivity contribution in [2.24, 2.45) is 0 Å². The number of rotatable bonds is 5. The molecule has 0 radical (unpaired) electrons. The topological polar surface area (TPSA) is 46.2 Å². The highest BCUT2D eigenvalue weighted by atomic mass is 32.2. The van der Waals surface area contributed by atoms with Gasteiger partial charge in [-0.25, -0.2) is 12.8 Å². The van der Waals surface area contributed by atoms with Gasteiger partial charge in [0.2, 0.25) is 0 Å². The second kappa shape index (κ2) is 5.30. The third-order valence-electron chi connectivity index (χ3n) is 2.21. The van der Waals surface area contributed by atoms with Crippen molar-refractivity contribution in [3.05, 3.63) is 24.0 Å². The Labute approximate surface area is 95.6 Å². The Kier molecular flexibility index (Phi) is 4.29. The SMILES string of the molecule is CCCCNc1cc(S(C)(=O)=O)ccc1F. The standard InChI is InChI=1S/C11H16FNO2S/c1-3-4-7-13-11-8-9(16(2,14)15)5-6-10(11)12/h5-6,8,13H,3-4,7H2,1-2H3. The number of anilines is 1. The van der Waals surface area contributed by atoms with Gasteiger partial charge in [0.25, 0.3) is 0 Å². The van der Waals surface area contributed by atoms with Crippen molar-refractivity contribution >= 4 is 15.5 Å². The number of nitrogens with one attached hydrogen (secondary N) is 1. The van der Waals surface area contributed by atoms with Crippen molar-refractivity contribution in [3.63, 3.8) is 0 Å². The minimum absolute atomic E-state index is 0.132. The molecule has 0 aromatic heterocycles. The highest BCUT2D eigenvalue weighted by Gasteiger charge is 2.10. The van der Waals surface area contributed by atoms with E-state index in [1.165, 1.54) is 18.2 Å². The van der Waals surface area contributed by atoms with Gasteiger partial charge in [-0.05, 0) is 24.6 Å². The number of halogens is 1. The van der Waals surface area contributed by atoms with E-state index in [-0.39, 0.29) is 10.6 Å². The molecule has 5 heteroatoms. The van der Waals surface area contributed by atoms with Crippen LogP contribution in [0.5, 0.6) is 0 Å². The zero-order chi connectivity index (χ0) is 12.2. The van der Waals surface area contributed by atoms with Crippen LogP contribution < -0.4 is 5.32 Å². The van der Waals surface area contributed by atoms with E-state index in [0.29, 0.717) is 6.54 Å². The monoisotopic (exact) mass is 245 g/mol. The molecular formula is C11H16FNO2S. The minimum atomic E-state index is -3.28. The van der Waals surface area contributed by atoms with Crippen molar-refractivity contribution in [1.82, 2.24) is 0 Å². The Balaban J connectivity index is 2.91. The van der Waals surface area contributed by atoms with E-state index in [9.17, 15) is 12.8 Å². The second-order valence-corrected chi connectivity index (χ2v) is 5.71. The largest absolute Gasteiger partial charge is 0.383 e. The molecule has 1 N–H and O–H groups in total. The van der Waals surface area contributed by atoms with Gasteiger partial charge in [0.05, 0.1) is 10.6 Å². The fourth-order valence-electron chi connectivity index (χ4n) is 1.27. The number of benzene rings is 1. The first-order valence-corrected chi connectivity index (χ1v) is 7.07. The van der Waals surface area contributed by atoms with Crippen LogP contribution in [0.2, 0.25) is 0 Å². The molecule has 1 aromatic rings. The van der Waals surface area contributed by atoms with Crippen LogP contribution in [-0.2, 0) is 9.84 Å². The van der Waals surface area contributed by atoms with E-state index in [2.05, 4.69) is 5.32 Å². The van der Waals surface area contributed by atoms with Crippen molar-refractivity contribution in [2.75, 3.05) is 18.1 Å². The Morgan fingerprint density at radius 2 is 2.06 bits per heavy atom. The molecule has 0 aliphatic heterocycles.